The average Bonchev–Trinajstić information content (AvgIpc) is 2.50. The molecule has 2 aromatic rings. The van der Waals surface area contributed by atoms with Crippen molar-refractivity contribution in [3.8, 4) is 0 Å². The van der Waals surface area contributed by atoms with Gasteiger partial charge in [-0.15, -0.1) is 5.10 Å². The highest BCUT2D eigenvalue weighted by Gasteiger charge is 2.14. The Morgan fingerprint density at radius 2 is 2.22 bits per heavy atom. The minimum Gasteiger partial charge on any atom is -0.353 e. The lowest BCUT2D eigenvalue weighted by molar-refractivity contribution is -0.121. The van der Waals surface area contributed by atoms with Gasteiger partial charge in [-0.1, -0.05) is 28.1 Å². The third kappa shape index (κ3) is 4.88. The first-order valence-corrected chi connectivity index (χ1v) is 7.29. The highest BCUT2D eigenvalue weighted by Crippen LogP contribution is 2.09. The summed E-state index contributed by atoms with van der Waals surface area (Å²) in [6.45, 7) is 1.52. The minimum absolute atomic E-state index is 0.164. The van der Waals surface area contributed by atoms with Crippen molar-refractivity contribution in [1.29, 1.82) is 0 Å². The molecule has 0 radical (unpaired) electrons. The number of aromatic amines is 2. The second kappa shape index (κ2) is 7.49. The summed E-state index contributed by atoms with van der Waals surface area (Å²) >= 11 is 3.33. The summed E-state index contributed by atoms with van der Waals surface area (Å²) in [6, 6.07) is 6.59. The average molecular weight is 381 g/mol. The number of anilines is 1. The van der Waals surface area contributed by atoms with E-state index in [1.54, 1.807) is 0 Å². The van der Waals surface area contributed by atoms with Crippen LogP contribution >= 0.6 is 15.9 Å². The SMILES string of the molecule is CC(Nc1n[nH]c(=O)[nH]c1=O)C(=O)N/N=C/c1cccc(Br)c1. The molecular formula is C13H13BrN6O3. The number of H-pyrrole nitrogens is 2. The summed E-state index contributed by atoms with van der Waals surface area (Å²) in [7, 11) is 0. The predicted octanol–water partition coefficient (Wildman–Crippen LogP) is 0.171. The molecule has 0 fully saturated rings. The van der Waals surface area contributed by atoms with Gasteiger partial charge in [0, 0.05) is 4.47 Å². The van der Waals surface area contributed by atoms with Gasteiger partial charge in [-0.25, -0.2) is 15.3 Å². The largest absolute Gasteiger partial charge is 0.353 e. The maximum atomic E-state index is 11.9. The predicted molar refractivity (Wildman–Crippen MR) is 88.4 cm³/mol. The van der Waals surface area contributed by atoms with Gasteiger partial charge in [-0.05, 0) is 24.6 Å². The Hall–Kier alpha value is -2.75. The third-order valence-electron chi connectivity index (χ3n) is 2.69. The standard InChI is InChI=1S/C13H13BrN6O3/c1-7(16-10-12(22)17-13(23)20-18-10)11(21)19-15-6-8-3-2-4-9(14)5-8/h2-7H,1H3,(H,16,18)(H,19,21)(H2,17,20,22,23)/b15-6+. The second-order valence-electron chi connectivity index (χ2n) is 4.51. The topological polar surface area (TPSA) is 132 Å². The number of nitrogens with zero attached hydrogens (tertiary/aromatic N) is 2. The fourth-order valence-corrected chi connectivity index (χ4v) is 1.99. The molecule has 0 aliphatic heterocycles. The van der Waals surface area contributed by atoms with Crippen molar-refractivity contribution < 1.29 is 4.79 Å². The fraction of sp³-hybridized carbons (Fsp3) is 0.154. The molecule has 0 aliphatic carbocycles. The van der Waals surface area contributed by atoms with Crippen LogP contribution < -0.4 is 22.0 Å². The number of aromatic nitrogens is 3. The van der Waals surface area contributed by atoms with E-state index in [-0.39, 0.29) is 5.82 Å². The maximum Gasteiger partial charge on any atom is 0.342 e. The highest BCUT2D eigenvalue weighted by atomic mass is 79.9. The van der Waals surface area contributed by atoms with Gasteiger partial charge in [0.05, 0.1) is 6.21 Å². The fourth-order valence-electron chi connectivity index (χ4n) is 1.57. The molecule has 0 spiro atoms. The van der Waals surface area contributed by atoms with E-state index in [1.165, 1.54) is 13.1 Å². The quantitative estimate of drug-likeness (QED) is 0.433. The van der Waals surface area contributed by atoms with E-state index in [0.717, 1.165) is 10.0 Å². The molecule has 1 amide bonds. The molecule has 4 N–H and O–H groups in total. The van der Waals surface area contributed by atoms with Crippen molar-refractivity contribution >= 4 is 33.9 Å². The number of carbonyl (C=O) groups is 1. The Balaban J connectivity index is 1.95. The van der Waals surface area contributed by atoms with Crippen LogP contribution in [0.25, 0.3) is 0 Å². The summed E-state index contributed by atoms with van der Waals surface area (Å²) in [5.41, 5.74) is 1.70. The number of hydrogen-bond acceptors (Lipinski definition) is 6. The Bertz CT molecular complexity index is 844. The zero-order valence-electron chi connectivity index (χ0n) is 12.0. The van der Waals surface area contributed by atoms with Crippen LogP contribution in [0, 0.1) is 0 Å². The molecule has 0 bridgehead atoms. The lowest BCUT2D eigenvalue weighted by atomic mass is 10.2. The Labute approximate surface area is 138 Å². The summed E-state index contributed by atoms with van der Waals surface area (Å²) < 4.78 is 0.895. The number of carbonyl (C=O) groups excluding carboxylic acids is 1. The molecule has 23 heavy (non-hydrogen) atoms. The molecule has 0 aliphatic rings. The molecule has 0 saturated carbocycles. The number of amides is 1. The van der Waals surface area contributed by atoms with E-state index in [4.69, 9.17) is 0 Å². The number of halogens is 1. The van der Waals surface area contributed by atoms with E-state index in [9.17, 15) is 14.4 Å². The molecule has 1 heterocycles. The van der Waals surface area contributed by atoms with Crippen LogP contribution in [-0.4, -0.2) is 33.3 Å². The van der Waals surface area contributed by atoms with Crippen molar-refractivity contribution in [2.75, 3.05) is 5.32 Å². The van der Waals surface area contributed by atoms with E-state index in [0.29, 0.717) is 0 Å². The zero-order valence-corrected chi connectivity index (χ0v) is 13.5. The van der Waals surface area contributed by atoms with Crippen LogP contribution in [0.1, 0.15) is 12.5 Å². The van der Waals surface area contributed by atoms with Gasteiger partial charge in [0.1, 0.15) is 6.04 Å². The second-order valence-corrected chi connectivity index (χ2v) is 5.43. The smallest absolute Gasteiger partial charge is 0.342 e. The molecular weight excluding hydrogens is 368 g/mol. The molecule has 10 heteroatoms. The number of nitrogens with one attached hydrogen (secondary N) is 4. The number of hydrazone groups is 1. The minimum atomic E-state index is -0.783. The Morgan fingerprint density at radius 1 is 1.43 bits per heavy atom. The van der Waals surface area contributed by atoms with Gasteiger partial charge in [0.2, 0.25) is 5.82 Å². The van der Waals surface area contributed by atoms with Crippen LogP contribution in [0.15, 0.2) is 43.4 Å². The Kier molecular flexibility index (Phi) is 5.41. The summed E-state index contributed by atoms with van der Waals surface area (Å²) in [6.07, 6.45) is 1.49. The first kappa shape index (κ1) is 16.6. The molecule has 120 valence electrons. The number of rotatable bonds is 5. The molecule has 0 saturated heterocycles. The lowest BCUT2D eigenvalue weighted by Crippen LogP contribution is -2.38. The van der Waals surface area contributed by atoms with E-state index in [2.05, 4.69) is 42.0 Å². The van der Waals surface area contributed by atoms with Crippen LogP contribution in [0.5, 0.6) is 0 Å². The molecule has 1 atom stereocenters. The number of benzene rings is 1. The van der Waals surface area contributed by atoms with Crippen molar-refractivity contribution in [2.24, 2.45) is 5.10 Å². The van der Waals surface area contributed by atoms with Gasteiger partial charge in [-0.3, -0.25) is 14.6 Å². The third-order valence-corrected chi connectivity index (χ3v) is 3.19. The Morgan fingerprint density at radius 3 is 2.91 bits per heavy atom. The van der Waals surface area contributed by atoms with E-state index < -0.39 is 23.2 Å². The highest BCUT2D eigenvalue weighted by molar-refractivity contribution is 9.10. The van der Waals surface area contributed by atoms with Gasteiger partial charge in [-0.2, -0.15) is 5.10 Å². The monoisotopic (exact) mass is 380 g/mol. The summed E-state index contributed by atoms with van der Waals surface area (Å²) in [5, 5.41) is 12.0. The van der Waals surface area contributed by atoms with Crippen LogP contribution in [0.2, 0.25) is 0 Å². The first-order valence-electron chi connectivity index (χ1n) is 6.50. The molecule has 1 unspecified atom stereocenters. The zero-order chi connectivity index (χ0) is 16.8. The molecule has 2 rings (SSSR count). The molecule has 1 aromatic carbocycles. The lowest BCUT2D eigenvalue weighted by Gasteiger charge is -2.11. The number of hydrogen-bond donors (Lipinski definition) is 4. The van der Waals surface area contributed by atoms with Gasteiger partial charge >= 0.3 is 5.69 Å². The van der Waals surface area contributed by atoms with E-state index >= 15 is 0 Å². The first-order chi connectivity index (χ1) is 11.0. The van der Waals surface area contributed by atoms with Gasteiger partial charge in [0.25, 0.3) is 11.5 Å². The van der Waals surface area contributed by atoms with E-state index in [1.807, 2.05) is 29.2 Å². The molecule has 9 nitrogen and oxygen atoms in total. The van der Waals surface area contributed by atoms with Crippen molar-refractivity contribution in [2.45, 2.75) is 13.0 Å². The maximum absolute atomic E-state index is 11.9. The normalized spacial score (nSPS) is 12.1. The van der Waals surface area contributed by atoms with Crippen LogP contribution in [-0.2, 0) is 4.79 Å². The summed E-state index contributed by atoms with van der Waals surface area (Å²) in [4.78, 5) is 36.2. The van der Waals surface area contributed by atoms with Crippen LogP contribution in [0.3, 0.4) is 0 Å². The van der Waals surface area contributed by atoms with Crippen LogP contribution in [0.4, 0.5) is 5.82 Å². The van der Waals surface area contributed by atoms with Crippen molar-refractivity contribution in [3.63, 3.8) is 0 Å². The van der Waals surface area contributed by atoms with Gasteiger partial charge in [0.15, 0.2) is 0 Å². The van der Waals surface area contributed by atoms with Crippen molar-refractivity contribution in [1.82, 2.24) is 20.6 Å². The van der Waals surface area contributed by atoms with Crippen molar-refractivity contribution in [3.05, 3.63) is 55.1 Å². The molecule has 1 aromatic heterocycles. The van der Waals surface area contributed by atoms with Gasteiger partial charge < -0.3 is 5.32 Å². The summed E-state index contributed by atoms with van der Waals surface area (Å²) in [5.74, 6) is -0.633.